The third-order valence-electron chi connectivity index (χ3n) is 3.60. The van der Waals surface area contributed by atoms with Gasteiger partial charge in [0.15, 0.2) is 0 Å². The van der Waals surface area contributed by atoms with Gasteiger partial charge in [-0.05, 0) is 12.3 Å². The summed E-state index contributed by atoms with van der Waals surface area (Å²) in [6.07, 6.45) is 1.63. The Hall–Kier alpha value is -1.89. The molecule has 1 fully saturated rings. The van der Waals surface area contributed by atoms with Gasteiger partial charge in [0.2, 0.25) is 0 Å². The SMILES string of the molecule is CCC1CN(C(=O)c2cc(=O)[nH]c(=O)[nH]2)CCC1N. The molecule has 1 aromatic rings. The molecule has 1 saturated heterocycles. The number of H-pyrrole nitrogens is 2. The predicted octanol–water partition coefficient (Wildman–Crippen LogP) is -0.737. The van der Waals surface area contributed by atoms with Gasteiger partial charge in [-0.1, -0.05) is 13.3 Å². The highest BCUT2D eigenvalue weighted by Gasteiger charge is 2.29. The van der Waals surface area contributed by atoms with E-state index in [9.17, 15) is 14.4 Å². The maximum absolute atomic E-state index is 12.2. The van der Waals surface area contributed by atoms with Gasteiger partial charge in [0, 0.05) is 25.2 Å². The van der Waals surface area contributed by atoms with Crippen LogP contribution in [0.4, 0.5) is 0 Å². The van der Waals surface area contributed by atoms with Crippen molar-refractivity contribution in [3.05, 3.63) is 32.6 Å². The van der Waals surface area contributed by atoms with Crippen molar-refractivity contribution in [1.82, 2.24) is 14.9 Å². The van der Waals surface area contributed by atoms with Gasteiger partial charge in [-0.25, -0.2) is 4.79 Å². The Balaban J connectivity index is 2.20. The van der Waals surface area contributed by atoms with E-state index in [-0.39, 0.29) is 23.6 Å². The lowest BCUT2D eigenvalue weighted by molar-refractivity contribution is 0.0642. The molecule has 0 aliphatic carbocycles. The van der Waals surface area contributed by atoms with Gasteiger partial charge in [0.05, 0.1) is 0 Å². The summed E-state index contributed by atoms with van der Waals surface area (Å²) in [5.41, 5.74) is 4.77. The molecule has 2 unspecified atom stereocenters. The number of aromatic amines is 2. The van der Waals surface area contributed by atoms with Gasteiger partial charge in [0.25, 0.3) is 11.5 Å². The molecule has 1 aliphatic rings. The third-order valence-corrected chi connectivity index (χ3v) is 3.60. The summed E-state index contributed by atoms with van der Waals surface area (Å²) in [7, 11) is 0. The summed E-state index contributed by atoms with van der Waals surface area (Å²) >= 11 is 0. The summed E-state index contributed by atoms with van der Waals surface area (Å²) in [6.45, 7) is 3.14. The van der Waals surface area contributed by atoms with E-state index in [0.29, 0.717) is 13.1 Å². The van der Waals surface area contributed by atoms with Crippen LogP contribution in [0.2, 0.25) is 0 Å². The van der Waals surface area contributed by atoms with Gasteiger partial charge in [-0.2, -0.15) is 0 Å². The second-order valence-corrected chi connectivity index (χ2v) is 4.87. The third kappa shape index (κ3) is 2.93. The van der Waals surface area contributed by atoms with Gasteiger partial charge in [-0.15, -0.1) is 0 Å². The highest BCUT2D eigenvalue weighted by Crippen LogP contribution is 2.19. The van der Waals surface area contributed by atoms with E-state index in [4.69, 9.17) is 5.73 Å². The first-order chi connectivity index (χ1) is 9.01. The summed E-state index contributed by atoms with van der Waals surface area (Å²) in [6, 6.07) is 1.21. The van der Waals surface area contributed by atoms with E-state index < -0.39 is 11.2 Å². The lowest BCUT2D eigenvalue weighted by Gasteiger charge is -2.36. The molecule has 1 aromatic heterocycles. The first-order valence-electron chi connectivity index (χ1n) is 6.39. The number of hydrogen-bond donors (Lipinski definition) is 3. The number of piperidine rings is 1. The maximum Gasteiger partial charge on any atom is 0.326 e. The number of amides is 1. The average Bonchev–Trinajstić information content (AvgIpc) is 2.37. The number of likely N-dealkylation sites (tertiary alicyclic amines) is 1. The van der Waals surface area contributed by atoms with Crippen LogP contribution in [0.3, 0.4) is 0 Å². The maximum atomic E-state index is 12.2. The van der Waals surface area contributed by atoms with Crippen molar-refractivity contribution in [3.63, 3.8) is 0 Å². The van der Waals surface area contributed by atoms with Crippen LogP contribution < -0.4 is 17.0 Å². The minimum absolute atomic E-state index is 0.0269. The molecule has 7 nitrogen and oxygen atoms in total. The topological polar surface area (TPSA) is 112 Å². The van der Waals surface area contributed by atoms with Gasteiger partial charge in [-0.3, -0.25) is 14.6 Å². The van der Waals surface area contributed by atoms with Crippen LogP contribution in [0.15, 0.2) is 15.7 Å². The molecule has 1 amide bonds. The van der Waals surface area contributed by atoms with Crippen LogP contribution in [-0.2, 0) is 0 Å². The normalized spacial score (nSPS) is 23.4. The number of nitrogens with two attached hydrogens (primary N) is 1. The van der Waals surface area contributed by atoms with Gasteiger partial charge in [0.1, 0.15) is 5.69 Å². The van der Waals surface area contributed by atoms with Crippen LogP contribution in [0.5, 0.6) is 0 Å². The highest BCUT2D eigenvalue weighted by molar-refractivity contribution is 5.92. The molecule has 0 bridgehead atoms. The largest absolute Gasteiger partial charge is 0.337 e. The zero-order valence-electron chi connectivity index (χ0n) is 10.8. The van der Waals surface area contributed by atoms with Crippen LogP contribution in [0, 0.1) is 5.92 Å². The van der Waals surface area contributed by atoms with Crippen molar-refractivity contribution >= 4 is 5.91 Å². The van der Waals surface area contributed by atoms with E-state index in [0.717, 1.165) is 18.9 Å². The van der Waals surface area contributed by atoms with Crippen molar-refractivity contribution in [1.29, 1.82) is 0 Å². The molecule has 7 heteroatoms. The zero-order chi connectivity index (χ0) is 14.0. The Morgan fingerprint density at radius 2 is 2.21 bits per heavy atom. The summed E-state index contributed by atoms with van der Waals surface area (Å²) < 4.78 is 0. The quantitative estimate of drug-likeness (QED) is 0.654. The molecule has 0 aromatic carbocycles. The molecule has 19 heavy (non-hydrogen) atoms. The monoisotopic (exact) mass is 266 g/mol. The molecule has 2 atom stereocenters. The molecule has 1 aliphatic heterocycles. The van der Waals surface area contributed by atoms with Crippen LogP contribution >= 0.6 is 0 Å². The zero-order valence-corrected chi connectivity index (χ0v) is 10.8. The Kier molecular flexibility index (Phi) is 3.84. The molecule has 0 spiro atoms. The van der Waals surface area contributed by atoms with E-state index in [1.54, 1.807) is 4.90 Å². The fourth-order valence-corrected chi connectivity index (χ4v) is 2.42. The minimum Gasteiger partial charge on any atom is -0.337 e. The Morgan fingerprint density at radius 1 is 1.47 bits per heavy atom. The van der Waals surface area contributed by atoms with Crippen molar-refractivity contribution < 1.29 is 4.79 Å². The number of nitrogens with one attached hydrogen (secondary N) is 2. The number of carbonyl (C=O) groups excluding carboxylic acids is 1. The number of hydrogen-bond acceptors (Lipinski definition) is 4. The van der Waals surface area contributed by atoms with Crippen molar-refractivity contribution in [2.24, 2.45) is 11.7 Å². The molecular formula is C12H18N4O3. The van der Waals surface area contributed by atoms with Crippen LogP contribution in [-0.4, -0.2) is 39.9 Å². The predicted molar refractivity (Wildman–Crippen MR) is 70.0 cm³/mol. The number of aromatic nitrogens is 2. The fourth-order valence-electron chi connectivity index (χ4n) is 2.42. The standard InChI is InChI=1S/C12H18N4O3/c1-2-7-6-16(4-3-8(7)13)11(18)9-5-10(17)15-12(19)14-9/h5,7-8H,2-4,6,13H2,1H3,(H2,14,15,17,19). The Bertz CT molecular complexity index is 549. The second kappa shape index (κ2) is 5.40. The van der Waals surface area contributed by atoms with Gasteiger partial charge < -0.3 is 15.6 Å². The van der Waals surface area contributed by atoms with E-state index in [2.05, 4.69) is 4.98 Å². The smallest absolute Gasteiger partial charge is 0.326 e. The number of nitrogens with zero attached hydrogens (tertiary/aromatic N) is 1. The molecular weight excluding hydrogens is 248 g/mol. The first-order valence-corrected chi connectivity index (χ1v) is 6.39. The van der Waals surface area contributed by atoms with E-state index in [1.165, 1.54) is 0 Å². The van der Waals surface area contributed by atoms with Crippen molar-refractivity contribution in [3.8, 4) is 0 Å². The van der Waals surface area contributed by atoms with Crippen molar-refractivity contribution in [2.75, 3.05) is 13.1 Å². The van der Waals surface area contributed by atoms with E-state index >= 15 is 0 Å². The average molecular weight is 266 g/mol. The molecule has 2 rings (SSSR count). The van der Waals surface area contributed by atoms with Crippen LogP contribution in [0.1, 0.15) is 30.3 Å². The summed E-state index contributed by atoms with van der Waals surface area (Å²) in [5, 5.41) is 0. The lowest BCUT2D eigenvalue weighted by atomic mass is 9.90. The van der Waals surface area contributed by atoms with Gasteiger partial charge >= 0.3 is 5.69 Å². The molecule has 0 radical (unpaired) electrons. The fraction of sp³-hybridized carbons (Fsp3) is 0.583. The van der Waals surface area contributed by atoms with Crippen molar-refractivity contribution in [2.45, 2.75) is 25.8 Å². The molecule has 4 N–H and O–H groups in total. The summed E-state index contributed by atoms with van der Waals surface area (Å²) in [4.78, 5) is 40.6. The highest BCUT2D eigenvalue weighted by atomic mass is 16.2. The number of carbonyl (C=O) groups is 1. The summed E-state index contributed by atoms with van der Waals surface area (Å²) in [5.74, 6) is -0.0695. The van der Waals surface area contributed by atoms with E-state index in [1.807, 2.05) is 11.9 Å². The molecule has 2 heterocycles. The number of rotatable bonds is 2. The lowest BCUT2D eigenvalue weighted by Crippen LogP contribution is -2.49. The first kappa shape index (κ1) is 13.5. The molecule has 0 saturated carbocycles. The Labute approximate surface area is 109 Å². The second-order valence-electron chi connectivity index (χ2n) is 4.87. The molecule has 104 valence electrons. The Morgan fingerprint density at radius 3 is 2.84 bits per heavy atom. The van der Waals surface area contributed by atoms with Crippen LogP contribution in [0.25, 0.3) is 0 Å². The minimum atomic E-state index is -0.670.